The fraction of sp³-hybridized carbons (Fsp3) is 0.647. The van der Waals surface area contributed by atoms with E-state index in [1.165, 1.54) is 24.0 Å². The van der Waals surface area contributed by atoms with Gasteiger partial charge in [-0.15, -0.1) is 0 Å². The van der Waals surface area contributed by atoms with E-state index in [1.807, 2.05) is 13.8 Å². The summed E-state index contributed by atoms with van der Waals surface area (Å²) in [6.07, 6.45) is 3.27. The summed E-state index contributed by atoms with van der Waals surface area (Å²) in [7, 11) is 0. The van der Waals surface area contributed by atoms with Gasteiger partial charge < -0.3 is 15.2 Å². The van der Waals surface area contributed by atoms with Gasteiger partial charge in [0, 0.05) is 31.2 Å². The largest absolute Gasteiger partial charge is 0.494 e. The van der Waals surface area contributed by atoms with Gasteiger partial charge in [-0.05, 0) is 44.4 Å². The Kier molecular flexibility index (Phi) is 4.48. The molecule has 2 bridgehead atoms. The van der Waals surface area contributed by atoms with Crippen LogP contribution in [0.25, 0.3) is 0 Å². The van der Waals surface area contributed by atoms with E-state index in [-0.39, 0.29) is 6.04 Å². The van der Waals surface area contributed by atoms with Gasteiger partial charge in [0.15, 0.2) is 0 Å². The molecule has 4 heteroatoms. The fourth-order valence-electron chi connectivity index (χ4n) is 3.37. The monoisotopic (exact) mass is 290 g/mol. The number of ether oxygens (including phenoxy) is 2. The van der Waals surface area contributed by atoms with Crippen molar-refractivity contribution in [3.63, 3.8) is 0 Å². The van der Waals surface area contributed by atoms with E-state index in [9.17, 15) is 0 Å². The van der Waals surface area contributed by atoms with E-state index in [0.29, 0.717) is 18.8 Å². The van der Waals surface area contributed by atoms with Crippen LogP contribution in [0.4, 0.5) is 0 Å². The van der Waals surface area contributed by atoms with Crippen molar-refractivity contribution < 1.29 is 9.47 Å². The zero-order valence-corrected chi connectivity index (χ0v) is 13.0. The molecule has 0 aromatic heterocycles. The SMILES string of the molecule is CCOc1ccc(C(C)N)cc1CN1CC2CCC(C1)O2. The van der Waals surface area contributed by atoms with Gasteiger partial charge >= 0.3 is 0 Å². The molecule has 2 aliphatic heterocycles. The van der Waals surface area contributed by atoms with Crippen molar-refractivity contribution in [1.82, 2.24) is 4.90 Å². The zero-order chi connectivity index (χ0) is 14.8. The maximum absolute atomic E-state index is 6.02. The maximum Gasteiger partial charge on any atom is 0.123 e. The van der Waals surface area contributed by atoms with Gasteiger partial charge in [-0.1, -0.05) is 6.07 Å². The Labute approximate surface area is 127 Å². The van der Waals surface area contributed by atoms with Crippen molar-refractivity contribution >= 4 is 0 Å². The number of fused-ring (bicyclic) bond motifs is 2. The Hall–Kier alpha value is -1.10. The molecule has 0 saturated carbocycles. The number of hydrogen-bond acceptors (Lipinski definition) is 4. The number of hydrogen-bond donors (Lipinski definition) is 1. The molecule has 1 aromatic rings. The minimum Gasteiger partial charge on any atom is -0.494 e. The molecule has 3 unspecified atom stereocenters. The molecule has 1 aromatic carbocycles. The molecule has 3 rings (SSSR count). The summed E-state index contributed by atoms with van der Waals surface area (Å²) in [5, 5.41) is 0. The summed E-state index contributed by atoms with van der Waals surface area (Å²) in [4.78, 5) is 2.49. The molecule has 21 heavy (non-hydrogen) atoms. The molecular weight excluding hydrogens is 264 g/mol. The molecular formula is C17H26N2O2. The molecule has 2 saturated heterocycles. The molecule has 0 radical (unpaired) electrons. The van der Waals surface area contributed by atoms with Crippen molar-refractivity contribution in [2.45, 2.75) is 51.5 Å². The quantitative estimate of drug-likeness (QED) is 0.905. The lowest BCUT2D eigenvalue weighted by Crippen LogP contribution is -2.42. The molecule has 3 atom stereocenters. The van der Waals surface area contributed by atoms with Crippen molar-refractivity contribution in [1.29, 1.82) is 0 Å². The number of morpholine rings is 1. The molecule has 2 aliphatic rings. The minimum absolute atomic E-state index is 0.0558. The summed E-state index contributed by atoms with van der Waals surface area (Å²) in [6, 6.07) is 6.39. The third-order valence-electron chi connectivity index (χ3n) is 4.42. The lowest BCUT2D eigenvalue weighted by molar-refractivity contribution is -0.0412. The van der Waals surface area contributed by atoms with Gasteiger partial charge in [-0.3, -0.25) is 4.90 Å². The molecule has 2 N–H and O–H groups in total. The van der Waals surface area contributed by atoms with Crippen LogP contribution in [0, 0.1) is 0 Å². The minimum atomic E-state index is 0.0558. The van der Waals surface area contributed by atoms with Gasteiger partial charge in [0.25, 0.3) is 0 Å². The van der Waals surface area contributed by atoms with Crippen molar-refractivity contribution in [2.24, 2.45) is 5.73 Å². The summed E-state index contributed by atoms with van der Waals surface area (Å²) in [6.45, 7) is 7.73. The third kappa shape index (κ3) is 3.39. The summed E-state index contributed by atoms with van der Waals surface area (Å²) >= 11 is 0. The second-order valence-corrected chi connectivity index (χ2v) is 6.24. The van der Waals surface area contributed by atoms with Gasteiger partial charge in [-0.25, -0.2) is 0 Å². The normalized spacial score (nSPS) is 26.8. The van der Waals surface area contributed by atoms with Crippen LogP contribution in [-0.4, -0.2) is 36.8 Å². The number of rotatable bonds is 5. The van der Waals surface area contributed by atoms with E-state index < -0.39 is 0 Å². The first-order valence-corrected chi connectivity index (χ1v) is 8.04. The smallest absolute Gasteiger partial charge is 0.123 e. The molecule has 0 amide bonds. The van der Waals surface area contributed by atoms with E-state index >= 15 is 0 Å². The molecule has 2 heterocycles. The first kappa shape index (κ1) is 14.8. The predicted molar refractivity (Wildman–Crippen MR) is 83.4 cm³/mol. The topological polar surface area (TPSA) is 47.7 Å². The van der Waals surface area contributed by atoms with Crippen LogP contribution >= 0.6 is 0 Å². The van der Waals surface area contributed by atoms with Crippen LogP contribution in [0.5, 0.6) is 5.75 Å². The lowest BCUT2D eigenvalue weighted by Gasteiger charge is -2.32. The Morgan fingerprint density at radius 2 is 2.05 bits per heavy atom. The highest BCUT2D eigenvalue weighted by molar-refractivity contribution is 5.38. The second-order valence-electron chi connectivity index (χ2n) is 6.24. The van der Waals surface area contributed by atoms with E-state index in [1.54, 1.807) is 0 Å². The van der Waals surface area contributed by atoms with Crippen LogP contribution in [0.2, 0.25) is 0 Å². The lowest BCUT2D eigenvalue weighted by atomic mass is 10.0. The highest BCUT2D eigenvalue weighted by Gasteiger charge is 2.33. The summed E-state index contributed by atoms with van der Waals surface area (Å²) < 4.78 is 11.7. The molecule has 4 nitrogen and oxygen atoms in total. The number of nitrogens with zero attached hydrogens (tertiary/aromatic N) is 1. The number of likely N-dealkylation sites (tertiary alicyclic amines) is 1. The Balaban J connectivity index is 1.77. The van der Waals surface area contributed by atoms with Crippen molar-refractivity contribution in [3.05, 3.63) is 29.3 Å². The van der Waals surface area contributed by atoms with Crippen LogP contribution in [-0.2, 0) is 11.3 Å². The van der Waals surface area contributed by atoms with Gasteiger partial charge in [0.1, 0.15) is 5.75 Å². The van der Waals surface area contributed by atoms with Crippen LogP contribution < -0.4 is 10.5 Å². The van der Waals surface area contributed by atoms with Gasteiger partial charge in [-0.2, -0.15) is 0 Å². The Bertz CT molecular complexity index is 478. The Morgan fingerprint density at radius 3 is 2.67 bits per heavy atom. The average molecular weight is 290 g/mol. The maximum atomic E-state index is 6.02. The highest BCUT2D eigenvalue weighted by atomic mass is 16.5. The number of benzene rings is 1. The van der Waals surface area contributed by atoms with Crippen LogP contribution in [0.15, 0.2) is 18.2 Å². The fourth-order valence-corrected chi connectivity index (χ4v) is 3.37. The summed E-state index contributed by atoms with van der Waals surface area (Å²) in [5.41, 5.74) is 8.43. The van der Waals surface area contributed by atoms with Crippen molar-refractivity contribution in [2.75, 3.05) is 19.7 Å². The molecule has 2 fully saturated rings. The number of nitrogens with two attached hydrogens (primary N) is 1. The zero-order valence-electron chi connectivity index (χ0n) is 13.0. The third-order valence-corrected chi connectivity index (χ3v) is 4.42. The first-order valence-electron chi connectivity index (χ1n) is 8.04. The molecule has 116 valence electrons. The molecule has 0 aliphatic carbocycles. The van der Waals surface area contributed by atoms with Crippen molar-refractivity contribution in [3.8, 4) is 5.75 Å². The summed E-state index contributed by atoms with van der Waals surface area (Å²) in [5.74, 6) is 0.987. The van der Waals surface area contributed by atoms with Crippen LogP contribution in [0.1, 0.15) is 43.9 Å². The Morgan fingerprint density at radius 1 is 1.33 bits per heavy atom. The first-order chi connectivity index (χ1) is 10.2. The molecule has 0 spiro atoms. The predicted octanol–water partition coefficient (Wildman–Crippen LogP) is 2.47. The standard InChI is InChI=1S/C17H26N2O2/c1-3-20-17-7-4-13(12(2)18)8-14(17)9-19-10-15-5-6-16(11-19)21-15/h4,7-8,12,15-16H,3,5-6,9-11,18H2,1-2H3. The van der Waals surface area contributed by atoms with E-state index in [4.69, 9.17) is 15.2 Å². The van der Waals surface area contributed by atoms with Crippen LogP contribution in [0.3, 0.4) is 0 Å². The van der Waals surface area contributed by atoms with Gasteiger partial charge in [0.05, 0.1) is 18.8 Å². The van der Waals surface area contributed by atoms with Gasteiger partial charge in [0.2, 0.25) is 0 Å². The van der Waals surface area contributed by atoms with E-state index in [2.05, 4.69) is 23.1 Å². The van der Waals surface area contributed by atoms with E-state index in [0.717, 1.165) is 25.4 Å². The average Bonchev–Trinajstić information content (AvgIpc) is 2.80. The highest BCUT2D eigenvalue weighted by Crippen LogP contribution is 2.30. The second kappa shape index (κ2) is 6.34.